The topological polar surface area (TPSA) is 225 Å². The second-order valence-electron chi connectivity index (χ2n) is 13.5. The average Bonchev–Trinajstić information content (AvgIpc) is 3.10. The molecule has 0 aliphatic rings. The number of aliphatic hydroxyl groups excluding tert-OH is 8. The molecule has 0 aromatic rings. The normalized spacial score (nSPS) is 15.3. The monoisotopic (exact) mass is 767 g/mol. The number of carbonyl (C=O) groups is 2. The lowest BCUT2D eigenvalue weighted by molar-refractivity contribution is -0.147. The molecule has 12 heteroatoms. The zero-order valence-corrected chi connectivity index (χ0v) is 31.6. The van der Waals surface area contributed by atoms with Crippen LogP contribution in [-0.4, -0.2) is 114 Å². The largest absolute Gasteiger partial charge is 0.481 e. The lowest BCUT2D eigenvalue weighted by Crippen LogP contribution is -2.24. The minimum atomic E-state index is -1.02. The van der Waals surface area contributed by atoms with Crippen molar-refractivity contribution in [2.45, 2.75) is 213 Å². The molecule has 12 nitrogen and oxygen atoms in total. The van der Waals surface area contributed by atoms with Gasteiger partial charge in [-0.1, -0.05) is 143 Å². The summed E-state index contributed by atoms with van der Waals surface area (Å²) in [6, 6.07) is 0. The summed E-state index contributed by atoms with van der Waals surface area (Å²) in [6.07, 6.45) is 17.9. The van der Waals surface area contributed by atoms with Gasteiger partial charge in [-0.25, -0.2) is 0 Å². The van der Waals surface area contributed by atoms with Crippen LogP contribution in [0, 0.1) is 0 Å². The van der Waals surface area contributed by atoms with Gasteiger partial charge >= 0.3 is 11.9 Å². The second-order valence-corrected chi connectivity index (χ2v) is 13.5. The van der Waals surface area contributed by atoms with E-state index in [1.165, 1.54) is 12.2 Å². The van der Waals surface area contributed by atoms with Crippen LogP contribution < -0.4 is 0 Å². The third-order valence-electron chi connectivity index (χ3n) is 8.47. The van der Waals surface area contributed by atoms with Gasteiger partial charge in [0.05, 0.1) is 43.2 Å². The molecule has 0 aliphatic carbocycles. The molecule has 0 saturated carbocycles. The van der Waals surface area contributed by atoms with Gasteiger partial charge in [-0.05, 0) is 38.5 Å². The van der Waals surface area contributed by atoms with Crippen molar-refractivity contribution in [1.29, 1.82) is 0 Å². The molecular formula is C41H82O12. The van der Waals surface area contributed by atoms with Gasteiger partial charge in [-0.2, -0.15) is 0 Å². The molecule has 318 valence electrons. The predicted octanol–water partition coefficient (Wildman–Crippen LogP) is 6.13. The summed E-state index contributed by atoms with van der Waals surface area (Å²) in [6.45, 7) is 3.60. The first-order valence-corrected chi connectivity index (χ1v) is 19.5. The summed E-state index contributed by atoms with van der Waals surface area (Å²) in [5, 5.41) is 85.3. The SMILES string of the molecule is C.C.CCCCCC(O)/C=C/C(O)C(O)CCCCCCCC(=O)O.CCCCCC(O)/C=C/C(O)C(O)CCCCCCCC(=O)OCC(O)CO. The number of hydrogen-bond donors (Lipinski definition) is 9. The third kappa shape index (κ3) is 41.1. The third-order valence-corrected chi connectivity index (χ3v) is 8.47. The molecule has 53 heavy (non-hydrogen) atoms. The quantitative estimate of drug-likeness (QED) is 0.0209. The summed E-state index contributed by atoms with van der Waals surface area (Å²) in [5.41, 5.74) is 0. The van der Waals surface area contributed by atoms with Crippen LogP contribution in [0.15, 0.2) is 24.3 Å². The lowest BCUT2D eigenvalue weighted by Gasteiger charge is -2.15. The number of rotatable bonds is 33. The lowest BCUT2D eigenvalue weighted by atomic mass is 10.0. The molecule has 0 radical (unpaired) electrons. The van der Waals surface area contributed by atoms with Crippen LogP contribution in [0.1, 0.15) is 170 Å². The van der Waals surface area contributed by atoms with Crippen molar-refractivity contribution in [2.75, 3.05) is 13.2 Å². The summed E-state index contributed by atoms with van der Waals surface area (Å²) < 4.78 is 4.81. The maximum Gasteiger partial charge on any atom is 0.305 e. The van der Waals surface area contributed by atoms with E-state index in [1.807, 2.05) is 0 Å². The van der Waals surface area contributed by atoms with Crippen LogP contribution in [0.2, 0.25) is 0 Å². The minimum absolute atomic E-state index is 0. The van der Waals surface area contributed by atoms with Gasteiger partial charge in [0.2, 0.25) is 0 Å². The van der Waals surface area contributed by atoms with Crippen molar-refractivity contribution in [1.82, 2.24) is 0 Å². The fraction of sp³-hybridized carbons (Fsp3) is 0.854. The van der Waals surface area contributed by atoms with E-state index in [0.29, 0.717) is 38.5 Å². The van der Waals surface area contributed by atoms with Crippen LogP contribution in [0.3, 0.4) is 0 Å². The van der Waals surface area contributed by atoms with Crippen LogP contribution in [0.25, 0.3) is 0 Å². The van der Waals surface area contributed by atoms with Crippen LogP contribution in [-0.2, 0) is 14.3 Å². The molecule has 0 bridgehead atoms. The van der Waals surface area contributed by atoms with Crippen LogP contribution >= 0.6 is 0 Å². The number of esters is 1. The van der Waals surface area contributed by atoms with Crippen molar-refractivity contribution in [3.63, 3.8) is 0 Å². The first kappa shape index (κ1) is 57.8. The first-order chi connectivity index (χ1) is 24.4. The molecule has 7 unspecified atom stereocenters. The highest BCUT2D eigenvalue weighted by Gasteiger charge is 2.14. The van der Waals surface area contributed by atoms with Crippen LogP contribution in [0.4, 0.5) is 0 Å². The highest BCUT2D eigenvalue weighted by Crippen LogP contribution is 2.14. The molecule has 0 saturated heterocycles. The molecule has 0 aromatic carbocycles. The molecule has 7 atom stereocenters. The van der Waals surface area contributed by atoms with Crippen molar-refractivity contribution in [3.8, 4) is 0 Å². The van der Waals surface area contributed by atoms with Crippen LogP contribution in [0.5, 0.6) is 0 Å². The number of aliphatic carboxylic acids is 1. The summed E-state index contributed by atoms with van der Waals surface area (Å²) in [5.74, 6) is -1.14. The maximum atomic E-state index is 11.4. The van der Waals surface area contributed by atoms with Gasteiger partial charge in [0.15, 0.2) is 0 Å². The Hall–Kier alpha value is -1.90. The number of unbranched alkanes of at least 4 members (excludes halogenated alkanes) is 12. The Bertz CT molecular complexity index is 853. The smallest absolute Gasteiger partial charge is 0.305 e. The fourth-order valence-corrected chi connectivity index (χ4v) is 5.11. The molecule has 0 aliphatic heterocycles. The minimum Gasteiger partial charge on any atom is -0.481 e. The van der Waals surface area contributed by atoms with E-state index in [9.17, 15) is 40.2 Å². The van der Waals surface area contributed by atoms with Gasteiger partial charge in [0.25, 0.3) is 0 Å². The number of carboxylic acids is 1. The molecule has 0 spiro atoms. The number of carboxylic acid groups (broad SMARTS) is 1. The summed E-state index contributed by atoms with van der Waals surface area (Å²) >= 11 is 0. The Morgan fingerprint density at radius 1 is 0.528 bits per heavy atom. The Morgan fingerprint density at radius 2 is 0.906 bits per heavy atom. The Labute approximate surface area is 322 Å². The van der Waals surface area contributed by atoms with Gasteiger partial charge in [-0.3, -0.25) is 9.59 Å². The Morgan fingerprint density at radius 3 is 1.30 bits per heavy atom. The summed E-state index contributed by atoms with van der Waals surface area (Å²) in [4.78, 5) is 21.7. The fourth-order valence-electron chi connectivity index (χ4n) is 5.11. The zero-order chi connectivity index (χ0) is 38.7. The van der Waals surface area contributed by atoms with E-state index in [4.69, 9.17) is 20.1 Å². The van der Waals surface area contributed by atoms with Gasteiger partial charge < -0.3 is 50.7 Å². The molecule has 0 fully saturated rings. The van der Waals surface area contributed by atoms with E-state index < -0.39 is 55.3 Å². The average molecular weight is 767 g/mol. The number of hydrogen-bond acceptors (Lipinski definition) is 11. The number of ether oxygens (including phenoxy) is 1. The highest BCUT2D eigenvalue weighted by atomic mass is 16.5. The highest BCUT2D eigenvalue weighted by molar-refractivity contribution is 5.69. The molecule has 0 rings (SSSR count). The molecular weight excluding hydrogens is 684 g/mol. The van der Waals surface area contributed by atoms with E-state index in [-0.39, 0.29) is 40.3 Å². The van der Waals surface area contributed by atoms with Crippen molar-refractivity contribution >= 4 is 11.9 Å². The van der Waals surface area contributed by atoms with E-state index >= 15 is 0 Å². The van der Waals surface area contributed by atoms with Crippen molar-refractivity contribution in [3.05, 3.63) is 24.3 Å². The summed E-state index contributed by atoms with van der Waals surface area (Å²) in [7, 11) is 0. The van der Waals surface area contributed by atoms with E-state index in [1.54, 1.807) is 12.2 Å². The van der Waals surface area contributed by atoms with Crippen molar-refractivity contribution in [2.24, 2.45) is 0 Å². The zero-order valence-electron chi connectivity index (χ0n) is 31.6. The Balaban J connectivity index is -0.000000444. The van der Waals surface area contributed by atoms with Gasteiger partial charge in [0.1, 0.15) is 12.7 Å². The number of carbonyl (C=O) groups excluding carboxylic acids is 1. The van der Waals surface area contributed by atoms with Crippen molar-refractivity contribution < 1.29 is 60.3 Å². The first-order valence-electron chi connectivity index (χ1n) is 19.5. The number of aliphatic hydroxyl groups is 8. The van der Waals surface area contributed by atoms with Gasteiger partial charge in [0, 0.05) is 12.8 Å². The standard InChI is InChI=1S/C21H40O7.C18H34O5.2CH4/c1-2-3-7-10-17(23)13-14-20(26)19(25)11-8-5-4-6-9-12-21(27)28-16-18(24)15-22;1-2-3-7-10-15(19)13-14-17(21)16(20)11-8-5-4-6-9-12-18(22)23;;/h13-14,17-20,22-26H,2-12,15-16H2,1H3;13-17,19-21H,2-12H2,1H3,(H,22,23);2*1H4/b2*14-13+;;. The molecule has 9 N–H and O–H groups in total. The molecule has 0 heterocycles. The second kappa shape index (κ2) is 41.3. The van der Waals surface area contributed by atoms with E-state index in [0.717, 1.165) is 89.9 Å². The molecule has 0 aromatic heterocycles. The van der Waals surface area contributed by atoms with E-state index in [2.05, 4.69) is 13.8 Å². The molecule has 0 amide bonds. The maximum absolute atomic E-state index is 11.4. The Kier molecular flexibility index (Phi) is 45.0. The van der Waals surface area contributed by atoms with Gasteiger partial charge in [-0.15, -0.1) is 0 Å². The predicted molar refractivity (Wildman–Crippen MR) is 212 cm³/mol.